The van der Waals surface area contributed by atoms with Crippen LogP contribution in [-0.4, -0.2) is 12.2 Å². The standard InChI is InChI=1S/C12H26O/c1-6-9-12(5,7-2)13-10-8-11(3)4/h11H,6-10H2,1-5H3. The Hall–Kier alpha value is -0.0400. The molecule has 0 aromatic carbocycles. The van der Waals surface area contributed by atoms with Crippen LogP contribution < -0.4 is 0 Å². The summed E-state index contributed by atoms with van der Waals surface area (Å²) in [7, 11) is 0. The molecule has 0 aliphatic carbocycles. The van der Waals surface area contributed by atoms with Crippen LogP contribution in [0, 0.1) is 5.92 Å². The van der Waals surface area contributed by atoms with Gasteiger partial charge in [-0.05, 0) is 32.1 Å². The zero-order valence-corrected chi connectivity index (χ0v) is 10.0. The maximum absolute atomic E-state index is 5.93. The summed E-state index contributed by atoms with van der Waals surface area (Å²) in [5.74, 6) is 0.753. The van der Waals surface area contributed by atoms with Gasteiger partial charge in [-0.1, -0.05) is 34.1 Å². The lowest BCUT2D eigenvalue weighted by Crippen LogP contribution is -2.28. The first-order chi connectivity index (χ1) is 6.04. The normalized spacial score (nSPS) is 16.2. The zero-order valence-electron chi connectivity index (χ0n) is 10.0. The van der Waals surface area contributed by atoms with Gasteiger partial charge in [0.1, 0.15) is 0 Å². The Morgan fingerprint density at radius 2 is 1.85 bits per heavy atom. The van der Waals surface area contributed by atoms with Crippen LogP contribution in [0.4, 0.5) is 0 Å². The lowest BCUT2D eigenvalue weighted by molar-refractivity contribution is -0.0446. The van der Waals surface area contributed by atoms with Crippen molar-refractivity contribution in [3.63, 3.8) is 0 Å². The van der Waals surface area contributed by atoms with Crippen LogP contribution in [0.2, 0.25) is 0 Å². The number of hydrogen-bond acceptors (Lipinski definition) is 1. The maximum atomic E-state index is 5.93. The summed E-state index contributed by atoms with van der Waals surface area (Å²) in [6, 6.07) is 0. The molecule has 1 unspecified atom stereocenters. The summed E-state index contributed by atoms with van der Waals surface area (Å²) >= 11 is 0. The molecule has 0 saturated carbocycles. The molecule has 0 spiro atoms. The molecular formula is C12H26O. The third-order valence-electron chi connectivity index (χ3n) is 2.67. The quantitative estimate of drug-likeness (QED) is 0.583. The third kappa shape index (κ3) is 6.09. The van der Waals surface area contributed by atoms with Gasteiger partial charge in [0.05, 0.1) is 5.60 Å². The van der Waals surface area contributed by atoms with E-state index in [-0.39, 0.29) is 5.60 Å². The van der Waals surface area contributed by atoms with E-state index in [1.165, 1.54) is 19.3 Å². The van der Waals surface area contributed by atoms with Gasteiger partial charge in [-0.25, -0.2) is 0 Å². The van der Waals surface area contributed by atoms with Crippen LogP contribution in [0.3, 0.4) is 0 Å². The van der Waals surface area contributed by atoms with Crippen LogP contribution in [0.5, 0.6) is 0 Å². The summed E-state index contributed by atoms with van der Waals surface area (Å²) in [4.78, 5) is 0. The van der Waals surface area contributed by atoms with Gasteiger partial charge in [0.25, 0.3) is 0 Å². The highest BCUT2D eigenvalue weighted by atomic mass is 16.5. The Kier molecular flexibility index (Phi) is 6.40. The molecule has 0 aromatic heterocycles. The van der Waals surface area contributed by atoms with Gasteiger partial charge in [-0.15, -0.1) is 0 Å². The summed E-state index contributed by atoms with van der Waals surface area (Å²) < 4.78 is 5.93. The fourth-order valence-electron chi connectivity index (χ4n) is 1.42. The highest BCUT2D eigenvalue weighted by molar-refractivity contribution is 4.72. The summed E-state index contributed by atoms with van der Waals surface area (Å²) in [5, 5.41) is 0. The van der Waals surface area contributed by atoms with Crippen molar-refractivity contribution < 1.29 is 4.74 Å². The third-order valence-corrected chi connectivity index (χ3v) is 2.67. The first kappa shape index (κ1) is 13.0. The minimum atomic E-state index is 0.129. The van der Waals surface area contributed by atoms with Crippen LogP contribution in [0.1, 0.15) is 60.3 Å². The smallest absolute Gasteiger partial charge is 0.0651 e. The molecule has 0 rings (SSSR count). The molecule has 0 fully saturated rings. The molecule has 0 saturated heterocycles. The minimum absolute atomic E-state index is 0.129. The van der Waals surface area contributed by atoms with Gasteiger partial charge in [-0.3, -0.25) is 0 Å². The number of rotatable bonds is 7. The number of ether oxygens (including phenoxy) is 1. The van der Waals surface area contributed by atoms with Crippen molar-refractivity contribution in [1.29, 1.82) is 0 Å². The average Bonchev–Trinajstić information content (AvgIpc) is 2.04. The van der Waals surface area contributed by atoms with E-state index >= 15 is 0 Å². The van der Waals surface area contributed by atoms with E-state index in [4.69, 9.17) is 4.74 Å². The highest BCUT2D eigenvalue weighted by Gasteiger charge is 2.20. The van der Waals surface area contributed by atoms with Crippen molar-refractivity contribution in [2.75, 3.05) is 6.61 Å². The van der Waals surface area contributed by atoms with E-state index in [9.17, 15) is 0 Å². The summed E-state index contributed by atoms with van der Waals surface area (Å²) in [5.41, 5.74) is 0.129. The molecule has 0 bridgehead atoms. The Balaban J connectivity index is 3.69. The van der Waals surface area contributed by atoms with E-state index in [0.29, 0.717) is 0 Å². The molecule has 13 heavy (non-hydrogen) atoms. The SMILES string of the molecule is CCCC(C)(CC)OCCC(C)C. The molecule has 0 aliphatic rings. The summed E-state index contributed by atoms with van der Waals surface area (Å²) in [6.45, 7) is 12.1. The molecular weight excluding hydrogens is 160 g/mol. The Labute approximate surface area is 83.9 Å². The fourth-order valence-corrected chi connectivity index (χ4v) is 1.42. The van der Waals surface area contributed by atoms with Gasteiger partial charge < -0.3 is 4.74 Å². The molecule has 1 nitrogen and oxygen atoms in total. The van der Waals surface area contributed by atoms with Crippen LogP contribution in [0.25, 0.3) is 0 Å². The molecule has 1 heteroatoms. The van der Waals surface area contributed by atoms with E-state index in [0.717, 1.165) is 18.9 Å². The molecule has 0 aromatic rings. The molecule has 80 valence electrons. The van der Waals surface area contributed by atoms with Crippen molar-refractivity contribution in [3.05, 3.63) is 0 Å². The highest BCUT2D eigenvalue weighted by Crippen LogP contribution is 2.22. The van der Waals surface area contributed by atoms with Gasteiger partial charge in [-0.2, -0.15) is 0 Å². The van der Waals surface area contributed by atoms with E-state index in [1.807, 2.05) is 0 Å². The van der Waals surface area contributed by atoms with Crippen LogP contribution >= 0.6 is 0 Å². The predicted molar refractivity (Wildman–Crippen MR) is 59.0 cm³/mol. The predicted octanol–water partition coefficient (Wildman–Crippen LogP) is 4.02. The first-order valence-corrected chi connectivity index (χ1v) is 5.68. The van der Waals surface area contributed by atoms with Crippen LogP contribution in [-0.2, 0) is 4.74 Å². The first-order valence-electron chi connectivity index (χ1n) is 5.68. The topological polar surface area (TPSA) is 9.23 Å². The largest absolute Gasteiger partial charge is 0.375 e. The fraction of sp³-hybridized carbons (Fsp3) is 1.00. The molecule has 0 amide bonds. The molecule has 0 radical (unpaired) electrons. The second kappa shape index (κ2) is 6.42. The second-order valence-corrected chi connectivity index (χ2v) is 4.58. The summed E-state index contributed by atoms with van der Waals surface area (Å²) in [6.07, 6.45) is 4.70. The van der Waals surface area contributed by atoms with E-state index in [1.54, 1.807) is 0 Å². The second-order valence-electron chi connectivity index (χ2n) is 4.58. The lowest BCUT2D eigenvalue weighted by atomic mass is 9.97. The maximum Gasteiger partial charge on any atom is 0.0651 e. The van der Waals surface area contributed by atoms with E-state index in [2.05, 4.69) is 34.6 Å². The van der Waals surface area contributed by atoms with Crippen molar-refractivity contribution in [3.8, 4) is 0 Å². The lowest BCUT2D eigenvalue weighted by Gasteiger charge is -2.28. The Morgan fingerprint density at radius 1 is 1.23 bits per heavy atom. The van der Waals surface area contributed by atoms with Crippen molar-refractivity contribution in [2.24, 2.45) is 5.92 Å². The Bertz CT molecular complexity index is 120. The van der Waals surface area contributed by atoms with Crippen molar-refractivity contribution in [2.45, 2.75) is 65.9 Å². The van der Waals surface area contributed by atoms with Gasteiger partial charge in [0, 0.05) is 6.61 Å². The molecule has 0 heterocycles. The number of hydrogen-bond donors (Lipinski definition) is 0. The average molecular weight is 186 g/mol. The molecule has 0 aliphatic heterocycles. The van der Waals surface area contributed by atoms with Crippen LogP contribution in [0.15, 0.2) is 0 Å². The van der Waals surface area contributed by atoms with Crippen molar-refractivity contribution >= 4 is 0 Å². The van der Waals surface area contributed by atoms with Gasteiger partial charge in [0.2, 0.25) is 0 Å². The zero-order chi connectivity index (χ0) is 10.3. The monoisotopic (exact) mass is 186 g/mol. The minimum Gasteiger partial charge on any atom is -0.375 e. The Morgan fingerprint density at radius 3 is 2.23 bits per heavy atom. The van der Waals surface area contributed by atoms with Crippen molar-refractivity contribution in [1.82, 2.24) is 0 Å². The van der Waals surface area contributed by atoms with E-state index < -0.39 is 0 Å². The van der Waals surface area contributed by atoms with Gasteiger partial charge in [0.15, 0.2) is 0 Å². The molecule has 0 N–H and O–H groups in total. The molecule has 1 atom stereocenters. The van der Waals surface area contributed by atoms with Gasteiger partial charge >= 0.3 is 0 Å².